The van der Waals surface area contributed by atoms with Crippen LogP contribution in [0, 0.1) is 0 Å². The Morgan fingerprint density at radius 1 is 1.67 bits per heavy atom. The predicted octanol–water partition coefficient (Wildman–Crippen LogP) is 1.35. The Morgan fingerprint density at radius 3 is 2.80 bits per heavy atom. The lowest BCUT2D eigenvalue weighted by atomic mass is 10.1. The predicted molar refractivity (Wildman–Crippen MR) is 59.6 cm³/mol. The van der Waals surface area contributed by atoms with E-state index < -0.39 is 11.6 Å². The first-order chi connectivity index (χ1) is 6.88. The molecule has 0 bridgehead atoms. The number of hydrogen-bond donors (Lipinski definition) is 1. The molecule has 0 amide bonds. The molecule has 1 aromatic heterocycles. The molecule has 0 saturated carbocycles. The SMILES string of the molecule is CC(C)(C)OC(=O)C(N)Cc1cscn1. The minimum atomic E-state index is -0.633. The number of esters is 1. The summed E-state index contributed by atoms with van der Waals surface area (Å²) in [5.74, 6) is -0.379. The summed E-state index contributed by atoms with van der Waals surface area (Å²) in [5, 5.41) is 1.88. The second-order valence-corrected chi connectivity index (χ2v) is 5.04. The van der Waals surface area contributed by atoms with E-state index in [2.05, 4.69) is 4.98 Å². The lowest BCUT2D eigenvalue weighted by Crippen LogP contribution is -2.38. The molecule has 0 radical (unpaired) electrons. The number of nitrogens with two attached hydrogens (primary N) is 1. The Bertz CT molecular complexity index is 317. The van der Waals surface area contributed by atoms with E-state index in [0.29, 0.717) is 6.42 Å². The van der Waals surface area contributed by atoms with E-state index >= 15 is 0 Å². The van der Waals surface area contributed by atoms with Gasteiger partial charge in [0, 0.05) is 11.8 Å². The first-order valence-corrected chi connectivity index (χ1v) is 5.68. The molecule has 2 N–H and O–H groups in total. The summed E-state index contributed by atoms with van der Waals surface area (Å²) in [6.07, 6.45) is 0.429. The molecule has 1 unspecified atom stereocenters. The van der Waals surface area contributed by atoms with Crippen LogP contribution in [-0.2, 0) is 16.0 Å². The van der Waals surface area contributed by atoms with Crippen molar-refractivity contribution in [2.24, 2.45) is 5.73 Å². The van der Waals surface area contributed by atoms with Crippen LogP contribution in [-0.4, -0.2) is 22.6 Å². The maximum absolute atomic E-state index is 11.5. The van der Waals surface area contributed by atoms with Crippen LogP contribution in [0.5, 0.6) is 0 Å². The monoisotopic (exact) mass is 228 g/mol. The molecule has 0 fully saturated rings. The molecular formula is C10H16N2O2S. The number of thiazole rings is 1. The molecule has 0 aromatic carbocycles. The Balaban J connectivity index is 2.47. The molecular weight excluding hydrogens is 212 g/mol. The standard InChI is InChI=1S/C10H16N2O2S/c1-10(2,3)14-9(13)8(11)4-7-5-15-6-12-7/h5-6,8H,4,11H2,1-3H3. The van der Waals surface area contributed by atoms with Crippen molar-refractivity contribution in [1.29, 1.82) is 0 Å². The molecule has 1 rings (SSSR count). The molecule has 0 aliphatic carbocycles. The highest BCUT2D eigenvalue weighted by atomic mass is 32.1. The maximum atomic E-state index is 11.5. The lowest BCUT2D eigenvalue weighted by molar-refractivity contribution is -0.156. The number of carbonyl (C=O) groups excluding carboxylic acids is 1. The average Bonchev–Trinajstić information content (AvgIpc) is 2.53. The van der Waals surface area contributed by atoms with Crippen LogP contribution >= 0.6 is 11.3 Å². The summed E-state index contributed by atoms with van der Waals surface area (Å²) in [6.45, 7) is 5.46. The quantitative estimate of drug-likeness (QED) is 0.793. The fourth-order valence-corrected chi connectivity index (χ4v) is 1.60. The first kappa shape index (κ1) is 12.1. The minimum Gasteiger partial charge on any atom is -0.459 e. The number of rotatable bonds is 3. The van der Waals surface area contributed by atoms with E-state index in [4.69, 9.17) is 10.5 Å². The van der Waals surface area contributed by atoms with Crippen molar-refractivity contribution >= 4 is 17.3 Å². The van der Waals surface area contributed by atoms with Crippen molar-refractivity contribution in [2.75, 3.05) is 0 Å². The zero-order chi connectivity index (χ0) is 11.5. The van der Waals surface area contributed by atoms with Crippen LogP contribution in [0.25, 0.3) is 0 Å². The highest BCUT2D eigenvalue weighted by molar-refractivity contribution is 7.07. The Morgan fingerprint density at radius 2 is 2.33 bits per heavy atom. The zero-order valence-electron chi connectivity index (χ0n) is 9.19. The second-order valence-electron chi connectivity index (χ2n) is 4.32. The summed E-state index contributed by atoms with van der Waals surface area (Å²) in [7, 11) is 0. The minimum absolute atomic E-state index is 0.379. The molecule has 1 atom stereocenters. The van der Waals surface area contributed by atoms with Crippen molar-refractivity contribution in [3.63, 3.8) is 0 Å². The zero-order valence-corrected chi connectivity index (χ0v) is 10.0. The van der Waals surface area contributed by atoms with Crippen molar-refractivity contribution in [3.05, 3.63) is 16.6 Å². The van der Waals surface area contributed by atoms with Gasteiger partial charge in [-0.15, -0.1) is 11.3 Å². The van der Waals surface area contributed by atoms with Gasteiger partial charge < -0.3 is 10.5 Å². The highest BCUT2D eigenvalue weighted by Crippen LogP contribution is 2.10. The average molecular weight is 228 g/mol. The third-order valence-corrected chi connectivity index (χ3v) is 2.26. The lowest BCUT2D eigenvalue weighted by Gasteiger charge is -2.21. The molecule has 1 heterocycles. The maximum Gasteiger partial charge on any atom is 0.323 e. The number of ether oxygens (including phenoxy) is 1. The van der Waals surface area contributed by atoms with Gasteiger partial charge in [0.1, 0.15) is 11.6 Å². The summed E-state index contributed by atoms with van der Waals surface area (Å²) >= 11 is 1.49. The Hall–Kier alpha value is -0.940. The second kappa shape index (κ2) is 4.72. The third-order valence-electron chi connectivity index (χ3n) is 1.62. The van der Waals surface area contributed by atoms with Gasteiger partial charge in [-0.05, 0) is 20.8 Å². The normalized spacial score (nSPS) is 13.6. The van der Waals surface area contributed by atoms with Crippen LogP contribution in [0.15, 0.2) is 10.9 Å². The van der Waals surface area contributed by atoms with E-state index in [9.17, 15) is 4.79 Å². The van der Waals surface area contributed by atoms with Gasteiger partial charge in [-0.25, -0.2) is 4.98 Å². The van der Waals surface area contributed by atoms with Gasteiger partial charge in [0.2, 0.25) is 0 Å². The number of aromatic nitrogens is 1. The number of carbonyl (C=O) groups is 1. The third kappa shape index (κ3) is 4.40. The summed E-state index contributed by atoms with van der Waals surface area (Å²) < 4.78 is 5.16. The van der Waals surface area contributed by atoms with Gasteiger partial charge in [0.25, 0.3) is 0 Å². The fourth-order valence-electron chi connectivity index (χ4n) is 1.02. The first-order valence-electron chi connectivity index (χ1n) is 4.74. The van der Waals surface area contributed by atoms with Crippen molar-refractivity contribution in [1.82, 2.24) is 4.98 Å². The van der Waals surface area contributed by atoms with E-state index in [0.717, 1.165) is 5.69 Å². The molecule has 15 heavy (non-hydrogen) atoms. The van der Waals surface area contributed by atoms with Crippen LogP contribution in [0.2, 0.25) is 0 Å². The van der Waals surface area contributed by atoms with Crippen molar-refractivity contribution < 1.29 is 9.53 Å². The molecule has 0 aliphatic heterocycles. The van der Waals surface area contributed by atoms with E-state index in [1.54, 1.807) is 5.51 Å². The molecule has 0 aliphatic rings. The van der Waals surface area contributed by atoms with Crippen LogP contribution in [0.1, 0.15) is 26.5 Å². The smallest absolute Gasteiger partial charge is 0.323 e. The molecule has 5 heteroatoms. The molecule has 0 saturated heterocycles. The number of nitrogens with zero attached hydrogens (tertiary/aromatic N) is 1. The topological polar surface area (TPSA) is 65.2 Å². The summed E-state index contributed by atoms with van der Waals surface area (Å²) in [6, 6.07) is -0.633. The van der Waals surface area contributed by atoms with Gasteiger partial charge >= 0.3 is 5.97 Å². The molecule has 4 nitrogen and oxygen atoms in total. The Labute approximate surface area is 93.5 Å². The van der Waals surface area contributed by atoms with E-state index in [1.807, 2.05) is 26.2 Å². The van der Waals surface area contributed by atoms with Crippen molar-refractivity contribution in [2.45, 2.75) is 38.8 Å². The fraction of sp³-hybridized carbons (Fsp3) is 0.600. The van der Waals surface area contributed by atoms with Gasteiger partial charge in [-0.3, -0.25) is 4.79 Å². The van der Waals surface area contributed by atoms with Gasteiger partial charge in [0.15, 0.2) is 0 Å². The molecule has 84 valence electrons. The summed E-state index contributed by atoms with van der Waals surface area (Å²) in [5.41, 5.74) is 7.77. The van der Waals surface area contributed by atoms with E-state index in [1.165, 1.54) is 11.3 Å². The van der Waals surface area contributed by atoms with Gasteiger partial charge in [-0.2, -0.15) is 0 Å². The highest BCUT2D eigenvalue weighted by Gasteiger charge is 2.22. The summed E-state index contributed by atoms with van der Waals surface area (Å²) in [4.78, 5) is 15.6. The van der Waals surface area contributed by atoms with E-state index in [-0.39, 0.29) is 5.97 Å². The Kier molecular flexibility index (Phi) is 3.82. The largest absolute Gasteiger partial charge is 0.459 e. The number of hydrogen-bond acceptors (Lipinski definition) is 5. The van der Waals surface area contributed by atoms with Crippen LogP contribution < -0.4 is 5.73 Å². The van der Waals surface area contributed by atoms with Gasteiger partial charge in [0.05, 0.1) is 11.2 Å². The van der Waals surface area contributed by atoms with Gasteiger partial charge in [-0.1, -0.05) is 0 Å². The van der Waals surface area contributed by atoms with Crippen LogP contribution in [0.4, 0.5) is 0 Å². The molecule has 1 aromatic rings. The molecule has 0 spiro atoms. The van der Waals surface area contributed by atoms with Crippen LogP contribution in [0.3, 0.4) is 0 Å². The van der Waals surface area contributed by atoms with Crippen molar-refractivity contribution in [3.8, 4) is 0 Å².